The molecule has 2 aliphatic rings. The first-order valence-corrected chi connectivity index (χ1v) is 14.3. The zero-order valence-corrected chi connectivity index (χ0v) is 23.7. The largest absolute Gasteiger partial charge is 0.490 e. The van der Waals surface area contributed by atoms with Crippen molar-refractivity contribution in [3.63, 3.8) is 0 Å². The van der Waals surface area contributed by atoms with Gasteiger partial charge in [-0.15, -0.1) is 5.10 Å². The summed E-state index contributed by atoms with van der Waals surface area (Å²) < 4.78 is 28.0. The number of aromatic nitrogens is 7. The van der Waals surface area contributed by atoms with Crippen LogP contribution in [0.3, 0.4) is 0 Å². The monoisotopic (exact) mass is 560 g/mol. The SMILES string of the molecule is CCCOc1nn(CC2CCOCC2)cc1-c1cnc2cc1O[C@@H](C)CCOc1c(cnn1C)-c1nccc(n1)N2. The van der Waals surface area contributed by atoms with E-state index in [0.717, 1.165) is 55.7 Å². The maximum atomic E-state index is 6.53. The number of pyridine rings is 1. The highest BCUT2D eigenvalue weighted by Gasteiger charge is 2.23. The van der Waals surface area contributed by atoms with Crippen molar-refractivity contribution in [2.24, 2.45) is 13.0 Å². The van der Waals surface area contributed by atoms with Crippen LogP contribution in [0.2, 0.25) is 0 Å². The third-order valence-electron chi connectivity index (χ3n) is 7.24. The minimum Gasteiger partial charge on any atom is -0.490 e. The van der Waals surface area contributed by atoms with E-state index >= 15 is 0 Å². The molecular weight excluding hydrogens is 524 g/mol. The van der Waals surface area contributed by atoms with Crippen molar-refractivity contribution in [2.45, 2.75) is 52.2 Å². The Labute approximate surface area is 239 Å². The van der Waals surface area contributed by atoms with Crippen molar-refractivity contribution in [3.05, 3.63) is 36.9 Å². The van der Waals surface area contributed by atoms with Gasteiger partial charge in [0.25, 0.3) is 0 Å². The Kier molecular flexibility index (Phi) is 7.99. The van der Waals surface area contributed by atoms with Gasteiger partial charge in [-0.05, 0) is 38.2 Å². The van der Waals surface area contributed by atoms with Gasteiger partial charge in [0.15, 0.2) is 5.82 Å². The quantitative estimate of drug-likeness (QED) is 0.357. The van der Waals surface area contributed by atoms with Crippen molar-refractivity contribution in [2.75, 3.05) is 31.7 Å². The fourth-order valence-electron chi connectivity index (χ4n) is 5.02. The van der Waals surface area contributed by atoms with Gasteiger partial charge in [-0.1, -0.05) is 6.92 Å². The molecular formula is C29H36N8O4. The Balaban J connectivity index is 1.36. The van der Waals surface area contributed by atoms with Crippen LogP contribution in [0.4, 0.5) is 11.6 Å². The number of anilines is 2. The lowest BCUT2D eigenvalue weighted by atomic mass is 10.0. The molecule has 0 unspecified atom stereocenters. The summed E-state index contributed by atoms with van der Waals surface area (Å²) in [5.41, 5.74) is 2.40. The van der Waals surface area contributed by atoms with E-state index in [0.29, 0.717) is 60.5 Å². The van der Waals surface area contributed by atoms with Crippen molar-refractivity contribution in [1.29, 1.82) is 0 Å². The van der Waals surface area contributed by atoms with Crippen molar-refractivity contribution >= 4 is 11.6 Å². The fourth-order valence-corrected chi connectivity index (χ4v) is 5.02. The Bertz CT molecular complexity index is 1480. The van der Waals surface area contributed by atoms with Gasteiger partial charge in [-0.2, -0.15) is 5.10 Å². The molecule has 1 saturated heterocycles. The second-order valence-corrected chi connectivity index (χ2v) is 10.5. The zero-order chi connectivity index (χ0) is 28.2. The molecule has 0 saturated carbocycles. The fraction of sp³-hybridized carbons (Fsp3) is 0.483. The summed E-state index contributed by atoms with van der Waals surface area (Å²) in [6.45, 7) is 7.54. The second-order valence-electron chi connectivity index (χ2n) is 10.5. The van der Waals surface area contributed by atoms with Gasteiger partial charge in [-0.25, -0.2) is 19.6 Å². The van der Waals surface area contributed by atoms with Crippen LogP contribution < -0.4 is 19.5 Å². The molecule has 4 aromatic rings. The smallest absolute Gasteiger partial charge is 0.240 e. The topological polar surface area (TPSA) is 123 Å². The average Bonchev–Trinajstić information content (AvgIpc) is 3.55. The minimum atomic E-state index is -0.144. The number of hydrogen-bond acceptors (Lipinski definition) is 10. The van der Waals surface area contributed by atoms with Crippen molar-refractivity contribution < 1.29 is 18.9 Å². The molecule has 6 rings (SSSR count). The van der Waals surface area contributed by atoms with E-state index in [9.17, 15) is 0 Å². The molecule has 12 nitrogen and oxygen atoms in total. The molecule has 4 aromatic heterocycles. The third-order valence-corrected chi connectivity index (χ3v) is 7.24. The van der Waals surface area contributed by atoms with Gasteiger partial charge >= 0.3 is 0 Å². The first-order valence-electron chi connectivity index (χ1n) is 14.3. The molecule has 6 heterocycles. The van der Waals surface area contributed by atoms with Crippen LogP contribution in [0, 0.1) is 5.92 Å². The van der Waals surface area contributed by atoms with Gasteiger partial charge in [-0.3, -0.25) is 4.68 Å². The molecule has 0 spiro atoms. The summed E-state index contributed by atoms with van der Waals surface area (Å²) in [7, 11) is 1.84. The molecule has 0 aliphatic carbocycles. The number of hydrogen-bond donors (Lipinski definition) is 1. The molecule has 41 heavy (non-hydrogen) atoms. The van der Waals surface area contributed by atoms with Crippen LogP contribution >= 0.6 is 0 Å². The van der Waals surface area contributed by atoms with Crippen molar-refractivity contribution in [3.8, 4) is 40.0 Å². The minimum absolute atomic E-state index is 0.144. The lowest BCUT2D eigenvalue weighted by Gasteiger charge is -2.21. The Morgan fingerprint density at radius 3 is 2.78 bits per heavy atom. The Morgan fingerprint density at radius 2 is 1.93 bits per heavy atom. The van der Waals surface area contributed by atoms with Crippen LogP contribution in [0.5, 0.6) is 17.5 Å². The maximum Gasteiger partial charge on any atom is 0.240 e. The van der Waals surface area contributed by atoms with Gasteiger partial charge in [0.05, 0.1) is 31.1 Å². The summed E-state index contributed by atoms with van der Waals surface area (Å²) in [5.74, 6) is 4.11. The number of nitrogens with one attached hydrogen (secondary N) is 1. The first-order chi connectivity index (χ1) is 20.1. The number of aryl methyl sites for hydroxylation is 1. The van der Waals surface area contributed by atoms with E-state index < -0.39 is 0 Å². The summed E-state index contributed by atoms with van der Waals surface area (Å²) in [6.07, 6.45) is 10.7. The van der Waals surface area contributed by atoms with Gasteiger partial charge < -0.3 is 24.3 Å². The molecule has 1 atom stereocenters. The normalized spacial score (nSPS) is 17.5. The number of fused-ring (bicyclic) bond motifs is 6. The van der Waals surface area contributed by atoms with E-state index in [1.807, 2.05) is 37.1 Å². The molecule has 0 radical (unpaired) electrons. The van der Waals surface area contributed by atoms with Crippen molar-refractivity contribution in [1.82, 2.24) is 34.5 Å². The zero-order valence-electron chi connectivity index (χ0n) is 23.7. The van der Waals surface area contributed by atoms with E-state index in [-0.39, 0.29) is 6.10 Å². The highest BCUT2D eigenvalue weighted by Crippen LogP contribution is 2.38. The number of ether oxygens (including phenoxy) is 4. The summed E-state index contributed by atoms with van der Waals surface area (Å²) >= 11 is 0. The van der Waals surface area contributed by atoms with Gasteiger partial charge in [0, 0.05) is 63.4 Å². The van der Waals surface area contributed by atoms with Crippen LogP contribution in [-0.4, -0.2) is 67.0 Å². The Morgan fingerprint density at radius 1 is 1.05 bits per heavy atom. The lowest BCUT2D eigenvalue weighted by Crippen LogP contribution is -2.20. The van der Waals surface area contributed by atoms with Crippen LogP contribution in [0.25, 0.3) is 22.5 Å². The van der Waals surface area contributed by atoms with E-state index in [1.54, 1.807) is 23.1 Å². The van der Waals surface area contributed by atoms with Crippen LogP contribution in [-0.2, 0) is 18.3 Å². The summed E-state index contributed by atoms with van der Waals surface area (Å²) in [4.78, 5) is 13.9. The highest BCUT2D eigenvalue weighted by molar-refractivity contribution is 5.75. The summed E-state index contributed by atoms with van der Waals surface area (Å²) in [5, 5.41) is 12.5. The molecule has 2 aliphatic heterocycles. The van der Waals surface area contributed by atoms with Crippen LogP contribution in [0.15, 0.2) is 36.9 Å². The first kappa shape index (κ1) is 27.0. The maximum absolute atomic E-state index is 6.53. The molecule has 1 N–H and O–H groups in total. The highest BCUT2D eigenvalue weighted by atomic mass is 16.5. The molecule has 0 amide bonds. The molecule has 4 bridgehead atoms. The molecule has 0 aromatic carbocycles. The molecule has 1 fully saturated rings. The third kappa shape index (κ3) is 6.12. The standard InChI is InChI=1S/C29H36N8O4/c1-4-10-39-28-23(18-37(35-28)17-20-7-11-38-12-8-20)21-15-31-26-14-24(21)41-19(2)6-13-40-29-22(16-32-36(29)3)27-30-9-5-25(33-26)34-27/h5,9,14-16,18-20H,4,6-8,10-13,17H2,1-3H3,(H,30,31,33,34)/t19-/m0/s1. The number of rotatable bonds is 6. The predicted molar refractivity (Wildman–Crippen MR) is 153 cm³/mol. The van der Waals surface area contributed by atoms with Gasteiger partial charge in [0.2, 0.25) is 11.8 Å². The average molecular weight is 561 g/mol. The van der Waals surface area contributed by atoms with E-state index in [4.69, 9.17) is 34.0 Å². The summed E-state index contributed by atoms with van der Waals surface area (Å²) in [6, 6.07) is 3.69. The van der Waals surface area contributed by atoms with Gasteiger partial charge in [0.1, 0.15) is 22.9 Å². The predicted octanol–water partition coefficient (Wildman–Crippen LogP) is 4.64. The van der Waals surface area contributed by atoms with Crippen LogP contribution in [0.1, 0.15) is 39.5 Å². The van der Waals surface area contributed by atoms with E-state index in [2.05, 4.69) is 22.3 Å². The Hall–Kier alpha value is -4.19. The lowest BCUT2D eigenvalue weighted by molar-refractivity contribution is 0.0600. The second kappa shape index (κ2) is 12.1. The molecule has 12 heteroatoms. The number of nitrogens with zero attached hydrogens (tertiary/aromatic N) is 7. The van der Waals surface area contributed by atoms with E-state index in [1.165, 1.54) is 0 Å². The molecule has 216 valence electrons.